The molecule has 0 radical (unpaired) electrons. The van der Waals surface area contributed by atoms with E-state index in [4.69, 9.17) is 9.47 Å². The zero-order valence-electron chi connectivity index (χ0n) is 17.6. The van der Waals surface area contributed by atoms with Crippen LogP contribution in [0.15, 0.2) is 36.5 Å². The molecule has 2 aromatic rings. The molecule has 0 aliphatic heterocycles. The minimum Gasteiger partial charge on any atom is -0.503 e. The van der Waals surface area contributed by atoms with Crippen molar-refractivity contribution in [1.29, 1.82) is 0 Å². The number of hydrogen-bond acceptors (Lipinski definition) is 5. The summed E-state index contributed by atoms with van der Waals surface area (Å²) in [5.41, 5.74) is -0.285. The summed E-state index contributed by atoms with van der Waals surface area (Å²) < 4.78 is 49.4. The van der Waals surface area contributed by atoms with E-state index in [1.807, 2.05) is 0 Å². The molecule has 2 aliphatic carbocycles. The van der Waals surface area contributed by atoms with E-state index in [-0.39, 0.29) is 41.7 Å². The lowest BCUT2D eigenvalue weighted by molar-refractivity contribution is -0.137. The molecule has 0 spiro atoms. The molecule has 32 heavy (non-hydrogen) atoms. The van der Waals surface area contributed by atoms with Crippen LogP contribution in [-0.4, -0.2) is 35.8 Å². The molecule has 4 unspecified atom stereocenters. The molecular weight excluding hydrogens is 425 g/mol. The van der Waals surface area contributed by atoms with E-state index < -0.39 is 17.6 Å². The number of halogens is 3. The van der Waals surface area contributed by atoms with Gasteiger partial charge in [0.05, 0.1) is 25.9 Å². The number of nitrogens with zero attached hydrogens (tertiary/aromatic N) is 1. The molecule has 172 valence electrons. The highest BCUT2D eigenvalue weighted by Gasteiger charge is 2.46. The molecule has 6 nitrogen and oxygen atoms in total. The summed E-state index contributed by atoms with van der Waals surface area (Å²) in [6.07, 6.45) is -0.176. The number of carbonyl (C=O) groups is 1. The van der Waals surface area contributed by atoms with Crippen molar-refractivity contribution in [2.24, 2.45) is 17.8 Å². The topological polar surface area (TPSA) is 80.7 Å². The second kappa shape index (κ2) is 8.97. The van der Waals surface area contributed by atoms with E-state index in [0.29, 0.717) is 18.1 Å². The Morgan fingerprint density at radius 2 is 2.06 bits per heavy atom. The molecule has 1 amide bonds. The number of carbonyl (C=O) groups excluding carboxylic acids is 1. The highest BCUT2D eigenvalue weighted by molar-refractivity contribution is 5.95. The number of fused-ring (bicyclic) bond motifs is 2. The molecule has 2 aliphatic rings. The molecule has 4 atom stereocenters. The maximum atomic E-state index is 12.9. The van der Waals surface area contributed by atoms with E-state index in [1.165, 1.54) is 25.4 Å². The van der Waals surface area contributed by atoms with Gasteiger partial charge in [0, 0.05) is 18.3 Å². The van der Waals surface area contributed by atoms with Gasteiger partial charge in [-0.25, -0.2) is 4.98 Å². The molecule has 2 bridgehead atoms. The van der Waals surface area contributed by atoms with Gasteiger partial charge in [-0.2, -0.15) is 13.2 Å². The van der Waals surface area contributed by atoms with Crippen LogP contribution in [0.2, 0.25) is 0 Å². The third kappa shape index (κ3) is 4.67. The van der Waals surface area contributed by atoms with Crippen molar-refractivity contribution in [2.75, 3.05) is 13.7 Å². The Balaban J connectivity index is 1.33. The molecule has 2 fully saturated rings. The normalized spacial score (nSPS) is 24.5. The number of aromatic hydroxyl groups is 1. The van der Waals surface area contributed by atoms with Crippen LogP contribution in [0.1, 0.15) is 40.9 Å². The zero-order chi connectivity index (χ0) is 22.9. The number of benzene rings is 1. The second-order valence-electron chi connectivity index (χ2n) is 8.50. The Bertz CT molecular complexity index is 982. The Kier molecular flexibility index (Phi) is 6.28. The maximum Gasteiger partial charge on any atom is 0.416 e. The van der Waals surface area contributed by atoms with E-state index >= 15 is 0 Å². The molecule has 1 aromatic heterocycles. The van der Waals surface area contributed by atoms with E-state index in [1.54, 1.807) is 6.07 Å². The van der Waals surface area contributed by atoms with Crippen molar-refractivity contribution >= 4 is 5.91 Å². The van der Waals surface area contributed by atoms with Gasteiger partial charge in [0.2, 0.25) is 0 Å². The van der Waals surface area contributed by atoms with Crippen molar-refractivity contribution < 1.29 is 32.5 Å². The summed E-state index contributed by atoms with van der Waals surface area (Å²) in [6.45, 7) is 0.531. The first-order valence-electron chi connectivity index (χ1n) is 10.5. The molecule has 1 aromatic carbocycles. The highest BCUT2D eigenvalue weighted by atomic mass is 19.4. The van der Waals surface area contributed by atoms with Crippen LogP contribution < -0.4 is 10.1 Å². The van der Waals surface area contributed by atoms with Gasteiger partial charge in [-0.3, -0.25) is 4.79 Å². The third-order valence-electron chi connectivity index (χ3n) is 6.44. The van der Waals surface area contributed by atoms with Crippen molar-refractivity contribution in [3.8, 4) is 11.5 Å². The Labute approximate surface area is 183 Å². The smallest absolute Gasteiger partial charge is 0.416 e. The summed E-state index contributed by atoms with van der Waals surface area (Å²) in [4.78, 5) is 16.6. The van der Waals surface area contributed by atoms with Crippen molar-refractivity contribution in [1.82, 2.24) is 10.3 Å². The first-order valence-corrected chi connectivity index (χ1v) is 10.5. The highest BCUT2D eigenvalue weighted by Crippen LogP contribution is 2.48. The maximum absolute atomic E-state index is 12.9. The standard InChI is InChI=1S/C23H25F3N2O4/c1-31-19-5-6-27-20(21(19)29)22(30)28-18-10-14-7-15(17(18)9-14)12-32-11-13-3-2-4-16(8-13)23(24,25)26/h2-6,8,14-15,17-18,29H,7,9-12H2,1H3,(H,28,30). The number of alkyl halides is 3. The van der Waals surface area contributed by atoms with Crippen LogP contribution in [0, 0.1) is 17.8 Å². The zero-order valence-corrected chi connectivity index (χ0v) is 17.6. The fourth-order valence-electron chi connectivity index (χ4n) is 5.02. The monoisotopic (exact) mass is 450 g/mol. The predicted octanol–water partition coefficient (Wildman–Crippen LogP) is 4.18. The summed E-state index contributed by atoms with van der Waals surface area (Å²) in [5, 5.41) is 13.2. The number of nitrogens with one attached hydrogen (secondary N) is 1. The van der Waals surface area contributed by atoms with Crippen LogP contribution in [0.25, 0.3) is 0 Å². The predicted molar refractivity (Wildman–Crippen MR) is 109 cm³/mol. The largest absolute Gasteiger partial charge is 0.503 e. The van der Waals surface area contributed by atoms with Crippen LogP contribution in [0.4, 0.5) is 13.2 Å². The number of aromatic nitrogens is 1. The molecule has 0 saturated heterocycles. The molecule has 1 heterocycles. The average molecular weight is 450 g/mol. The summed E-state index contributed by atoms with van der Waals surface area (Å²) in [6, 6.07) is 6.57. The lowest BCUT2D eigenvalue weighted by Crippen LogP contribution is -2.42. The summed E-state index contributed by atoms with van der Waals surface area (Å²) in [7, 11) is 1.40. The molecule has 4 rings (SSSR count). The minimum atomic E-state index is -4.38. The van der Waals surface area contributed by atoms with Gasteiger partial charge in [0.1, 0.15) is 0 Å². The third-order valence-corrected chi connectivity index (χ3v) is 6.44. The number of hydrogen-bond donors (Lipinski definition) is 2. The first kappa shape index (κ1) is 22.4. The Morgan fingerprint density at radius 3 is 2.78 bits per heavy atom. The molecular formula is C23H25F3N2O4. The fourth-order valence-corrected chi connectivity index (χ4v) is 5.02. The first-order chi connectivity index (χ1) is 15.3. The van der Waals surface area contributed by atoms with Gasteiger partial charge in [0.15, 0.2) is 17.2 Å². The molecule has 2 N–H and O–H groups in total. The van der Waals surface area contributed by atoms with E-state index in [2.05, 4.69) is 10.3 Å². The number of ether oxygens (including phenoxy) is 2. The van der Waals surface area contributed by atoms with Gasteiger partial charge >= 0.3 is 6.18 Å². The minimum absolute atomic E-state index is 0.0594. The van der Waals surface area contributed by atoms with Crippen LogP contribution in [0.5, 0.6) is 11.5 Å². The lowest BCUT2D eigenvalue weighted by atomic mass is 9.85. The summed E-state index contributed by atoms with van der Waals surface area (Å²) >= 11 is 0. The van der Waals surface area contributed by atoms with Gasteiger partial charge in [-0.1, -0.05) is 12.1 Å². The number of rotatable bonds is 7. The Morgan fingerprint density at radius 1 is 1.25 bits per heavy atom. The van der Waals surface area contributed by atoms with Gasteiger partial charge < -0.3 is 19.9 Å². The number of methoxy groups -OCH3 is 1. The van der Waals surface area contributed by atoms with Crippen LogP contribution in [0.3, 0.4) is 0 Å². The molecule has 2 saturated carbocycles. The average Bonchev–Trinajstić information content (AvgIpc) is 3.33. The number of pyridine rings is 1. The van der Waals surface area contributed by atoms with Crippen molar-refractivity contribution in [2.45, 2.75) is 38.1 Å². The van der Waals surface area contributed by atoms with Crippen LogP contribution >= 0.6 is 0 Å². The quantitative estimate of drug-likeness (QED) is 0.662. The Hall–Kier alpha value is -2.81. The summed E-state index contributed by atoms with van der Waals surface area (Å²) in [5.74, 6) is 0.340. The van der Waals surface area contributed by atoms with E-state index in [9.17, 15) is 23.1 Å². The van der Waals surface area contributed by atoms with Crippen molar-refractivity contribution in [3.05, 3.63) is 53.3 Å². The second-order valence-corrected chi connectivity index (χ2v) is 8.50. The lowest BCUT2D eigenvalue weighted by Gasteiger charge is -2.30. The van der Waals surface area contributed by atoms with Gasteiger partial charge in [0.25, 0.3) is 5.91 Å². The van der Waals surface area contributed by atoms with E-state index in [0.717, 1.165) is 31.4 Å². The van der Waals surface area contributed by atoms with Crippen LogP contribution in [-0.2, 0) is 17.5 Å². The van der Waals surface area contributed by atoms with Gasteiger partial charge in [-0.15, -0.1) is 0 Å². The van der Waals surface area contributed by atoms with Gasteiger partial charge in [-0.05, 0) is 54.7 Å². The SMILES string of the molecule is COc1ccnc(C(=O)NC2CC3CC(COCc4cccc(C(F)(F)F)c4)C2C3)c1O. The molecule has 9 heteroatoms. The fraction of sp³-hybridized carbons (Fsp3) is 0.478. The van der Waals surface area contributed by atoms with Crippen molar-refractivity contribution in [3.63, 3.8) is 0 Å². The number of amides is 1.